The molecule has 0 aromatic carbocycles. The van der Waals surface area contributed by atoms with Crippen LogP contribution in [0.4, 0.5) is 0 Å². The van der Waals surface area contributed by atoms with Gasteiger partial charge in [0.25, 0.3) is 0 Å². The first kappa shape index (κ1) is 33.9. The fourth-order valence-electron chi connectivity index (χ4n) is 3.40. The summed E-state index contributed by atoms with van der Waals surface area (Å²) in [6, 6.07) is 0. The molecule has 0 N–H and O–H groups in total. The lowest BCUT2D eigenvalue weighted by molar-refractivity contribution is -0.171. The first-order valence-electron chi connectivity index (χ1n) is 11.3. The van der Waals surface area contributed by atoms with Crippen molar-refractivity contribution >= 4 is 5.97 Å². The highest BCUT2D eigenvalue weighted by molar-refractivity contribution is 5.66. The van der Waals surface area contributed by atoms with E-state index in [1.807, 2.05) is 19.1 Å². The van der Waals surface area contributed by atoms with Gasteiger partial charge in [-0.15, -0.1) is 0 Å². The van der Waals surface area contributed by atoms with E-state index in [0.29, 0.717) is 32.8 Å². The molecule has 0 aromatic rings. The highest BCUT2D eigenvalue weighted by Gasteiger charge is 2.32. The van der Waals surface area contributed by atoms with Gasteiger partial charge in [0.1, 0.15) is 0 Å². The van der Waals surface area contributed by atoms with Crippen molar-refractivity contribution in [3.63, 3.8) is 0 Å². The molecule has 196 valence electrons. The fourth-order valence-corrected chi connectivity index (χ4v) is 3.40. The second-order valence-electron chi connectivity index (χ2n) is 7.96. The van der Waals surface area contributed by atoms with Gasteiger partial charge in [0.05, 0.1) is 39.6 Å². The van der Waals surface area contributed by atoms with Crippen molar-refractivity contribution in [3.05, 3.63) is 24.3 Å². The molecule has 1 rings (SSSR count). The number of ether oxygens (including phenoxy) is 7. The number of carbonyl (C=O) groups is 1. The lowest BCUT2D eigenvalue weighted by Crippen LogP contribution is -2.42. The van der Waals surface area contributed by atoms with Crippen LogP contribution < -0.4 is 0 Å². The van der Waals surface area contributed by atoms with E-state index in [1.165, 1.54) is 13.3 Å². The maximum Gasteiger partial charge on any atom is 0.303 e. The molecule has 0 saturated carbocycles. The zero-order valence-corrected chi connectivity index (χ0v) is 22.1. The maximum atomic E-state index is 10.8. The van der Waals surface area contributed by atoms with Crippen LogP contribution in [0.15, 0.2) is 24.3 Å². The molecule has 1 aliphatic rings. The van der Waals surface area contributed by atoms with E-state index < -0.39 is 5.60 Å². The summed E-state index contributed by atoms with van der Waals surface area (Å²) in [4.78, 5) is 10.8. The smallest absolute Gasteiger partial charge is 0.303 e. The minimum Gasteiger partial charge on any atom is -0.454 e. The quantitative estimate of drug-likeness (QED) is 0.276. The van der Waals surface area contributed by atoms with E-state index in [0.717, 1.165) is 26.1 Å². The lowest BCUT2D eigenvalue weighted by Gasteiger charge is -2.33. The van der Waals surface area contributed by atoms with E-state index >= 15 is 0 Å². The monoisotopic (exact) mass is 476 g/mol. The van der Waals surface area contributed by atoms with Crippen molar-refractivity contribution in [1.29, 1.82) is 0 Å². The summed E-state index contributed by atoms with van der Waals surface area (Å²) in [6.45, 7) is 6.99. The molecule has 0 spiro atoms. The molecule has 8 heteroatoms. The summed E-state index contributed by atoms with van der Waals surface area (Å²) in [5.41, 5.74) is -0.381. The van der Waals surface area contributed by atoms with Crippen LogP contribution in [-0.4, -0.2) is 93.9 Å². The SMILES string of the molecule is CCC(COC)(COC)OC(C)=O.COCC1(COC)CC=CCC1.COCC=CCOC. The van der Waals surface area contributed by atoms with Crippen LogP contribution in [0.2, 0.25) is 0 Å². The molecule has 0 heterocycles. The van der Waals surface area contributed by atoms with Crippen LogP contribution in [0.25, 0.3) is 0 Å². The lowest BCUT2D eigenvalue weighted by atomic mass is 9.78. The fraction of sp³-hybridized carbons (Fsp3) is 0.800. The highest BCUT2D eigenvalue weighted by atomic mass is 16.6. The molecule has 0 atom stereocenters. The molecule has 33 heavy (non-hydrogen) atoms. The summed E-state index contributed by atoms with van der Waals surface area (Å²) in [5.74, 6) is -0.309. The van der Waals surface area contributed by atoms with Gasteiger partial charge < -0.3 is 33.2 Å². The number of rotatable bonds is 14. The molecular formula is C25H48O8. The molecule has 0 aliphatic heterocycles. The Morgan fingerprint density at radius 1 is 0.848 bits per heavy atom. The Balaban J connectivity index is 0. The molecule has 0 unspecified atom stereocenters. The standard InChI is InChI=1S/C10H18O2.C9H18O4.C6H12O2/c1-11-8-10(9-12-2)6-4-3-5-7-10;1-5-9(6-11-3,7-12-4)13-8(2)10;1-7-5-3-4-6-8-2/h3-4H,5-9H2,1-2H3;5-7H2,1-4H3;3-4H,5-6H2,1-2H3. The van der Waals surface area contributed by atoms with Crippen LogP contribution >= 0.6 is 0 Å². The Hall–Kier alpha value is -1.29. The van der Waals surface area contributed by atoms with Gasteiger partial charge in [0.2, 0.25) is 0 Å². The van der Waals surface area contributed by atoms with Crippen LogP contribution in [-0.2, 0) is 38.0 Å². The minimum absolute atomic E-state index is 0.248. The Bertz CT molecular complexity index is 485. The molecule has 0 amide bonds. The zero-order valence-electron chi connectivity index (χ0n) is 22.1. The van der Waals surface area contributed by atoms with Crippen molar-refractivity contribution in [2.24, 2.45) is 5.41 Å². The third-order valence-corrected chi connectivity index (χ3v) is 4.97. The summed E-state index contributed by atoms with van der Waals surface area (Å²) < 4.78 is 35.1. The van der Waals surface area contributed by atoms with Crippen molar-refractivity contribution in [3.8, 4) is 0 Å². The summed E-state index contributed by atoms with van der Waals surface area (Å²) in [5, 5.41) is 0. The maximum absolute atomic E-state index is 10.8. The average molecular weight is 477 g/mol. The van der Waals surface area contributed by atoms with Crippen molar-refractivity contribution in [1.82, 2.24) is 0 Å². The molecule has 8 nitrogen and oxygen atoms in total. The van der Waals surface area contributed by atoms with Gasteiger partial charge in [-0.3, -0.25) is 4.79 Å². The zero-order chi connectivity index (χ0) is 25.4. The number of hydrogen-bond donors (Lipinski definition) is 0. The summed E-state index contributed by atoms with van der Waals surface area (Å²) >= 11 is 0. The summed E-state index contributed by atoms with van der Waals surface area (Å²) in [6.07, 6.45) is 12.4. The number of esters is 1. The van der Waals surface area contributed by atoms with Crippen molar-refractivity contribution < 1.29 is 38.0 Å². The highest BCUT2D eigenvalue weighted by Crippen LogP contribution is 2.33. The third kappa shape index (κ3) is 17.8. The molecule has 0 aromatic heterocycles. The number of allylic oxidation sites excluding steroid dienone is 2. The second-order valence-corrected chi connectivity index (χ2v) is 7.96. The molecule has 1 aliphatic carbocycles. The van der Waals surface area contributed by atoms with E-state index in [9.17, 15) is 4.79 Å². The molecule has 0 fully saturated rings. The number of hydrogen-bond acceptors (Lipinski definition) is 8. The van der Waals surface area contributed by atoms with Crippen molar-refractivity contribution in [2.75, 3.05) is 82.3 Å². The topological polar surface area (TPSA) is 81.7 Å². The predicted octanol–water partition coefficient (Wildman–Crippen LogP) is 3.83. The minimum atomic E-state index is -0.630. The molecule has 0 radical (unpaired) electrons. The van der Waals surface area contributed by atoms with Gasteiger partial charge in [-0.05, 0) is 25.7 Å². The molecule has 0 saturated heterocycles. The normalized spacial score (nSPS) is 14.8. The Morgan fingerprint density at radius 2 is 1.36 bits per heavy atom. The second kappa shape index (κ2) is 22.5. The Morgan fingerprint density at radius 3 is 1.67 bits per heavy atom. The van der Waals surface area contributed by atoms with Gasteiger partial charge >= 0.3 is 5.97 Å². The summed E-state index contributed by atoms with van der Waals surface area (Å²) in [7, 11) is 9.99. The van der Waals surface area contributed by atoms with E-state index in [-0.39, 0.29) is 11.4 Å². The Kier molecular flexibility index (Phi) is 23.1. The first-order chi connectivity index (χ1) is 15.8. The van der Waals surface area contributed by atoms with Crippen molar-refractivity contribution in [2.45, 2.75) is 45.1 Å². The molecular weight excluding hydrogens is 428 g/mol. The number of carbonyl (C=O) groups excluding carboxylic acids is 1. The Labute approximate surface area is 201 Å². The van der Waals surface area contributed by atoms with Gasteiger partial charge in [-0.25, -0.2) is 0 Å². The van der Waals surface area contributed by atoms with E-state index in [1.54, 1.807) is 42.7 Å². The van der Waals surface area contributed by atoms with Gasteiger partial charge in [0, 0.05) is 55.0 Å². The third-order valence-electron chi connectivity index (χ3n) is 4.97. The van der Waals surface area contributed by atoms with Gasteiger partial charge in [0.15, 0.2) is 5.60 Å². The van der Waals surface area contributed by atoms with Gasteiger partial charge in [-0.1, -0.05) is 31.2 Å². The van der Waals surface area contributed by atoms with Crippen LogP contribution in [0.3, 0.4) is 0 Å². The van der Waals surface area contributed by atoms with Crippen LogP contribution in [0.1, 0.15) is 39.5 Å². The van der Waals surface area contributed by atoms with Crippen LogP contribution in [0.5, 0.6) is 0 Å². The van der Waals surface area contributed by atoms with Gasteiger partial charge in [-0.2, -0.15) is 0 Å². The first-order valence-corrected chi connectivity index (χ1v) is 11.3. The predicted molar refractivity (Wildman–Crippen MR) is 131 cm³/mol. The van der Waals surface area contributed by atoms with Crippen LogP contribution in [0, 0.1) is 5.41 Å². The largest absolute Gasteiger partial charge is 0.454 e. The van der Waals surface area contributed by atoms with E-state index in [4.69, 9.17) is 33.2 Å². The van der Waals surface area contributed by atoms with E-state index in [2.05, 4.69) is 12.2 Å². The number of methoxy groups -OCH3 is 6. The average Bonchev–Trinajstić information content (AvgIpc) is 2.78. The molecule has 0 bridgehead atoms.